The van der Waals surface area contributed by atoms with Crippen LogP contribution >= 0.6 is 0 Å². The minimum Gasteiger partial charge on any atom is -0.444 e. The van der Waals surface area contributed by atoms with Crippen LogP contribution in [0.15, 0.2) is 24.3 Å². The van der Waals surface area contributed by atoms with Crippen molar-refractivity contribution in [3.8, 4) is 0 Å². The Morgan fingerprint density at radius 3 is 2.30 bits per heavy atom. The van der Waals surface area contributed by atoms with E-state index in [-0.39, 0.29) is 23.8 Å². The predicted molar refractivity (Wildman–Crippen MR) is 91.2 cm³/mol. The third-order valence-corrected chi connectivity index (χ3v) is 3.89. The number of carbonyl (C=O) groups excluding carboxylic acids is 1. The topological polar surface area (TPSA) is 38.8 Å². The molecule has 2 atom stereocenters. The summed E-state index contributed by atoms with van der Waals surface area (Å²) in [6.07, 6.45) is -0.620. The van der Waals surface area contributed by atoms with Crippen LogP contribution in [0, 0.1) is 12.3 Å². The zero-order valence-corrected chi connectivity index (χ0v) is 15.3. The highest BCUT2D eigenvalue weighted by atomic mass is 16.6. The molecular weight excluding hydrogens is 290 g/mol. The van der Waals surface area contributed by atoms with Crippen LogP contribution < -0.4 is 0 Å². The summed E-state index contributed by atoms with van der Waals surface area (Å²) >= 11 is 0. The Balaban J connectivity index is 2.38. The Bertz CT molecular complexity index is 569. The molecule has 128 valence electrons. The molecule has 0 radical (unpaired) electrons. The Hall–Kier alpha value is -1.55. The summed E-state index contributed by atoms with van der Waals surface area (Å²) in [4.78, 5) is 14.6. The first kappa shape index (κ1) is 17.8. The fraction of sp³-hybridized carbons (Fsp3) is 0.632. The van der Waals surface area contributed by atoms with Crippen molar-refractivity contribution < 1.29 is 14.3 Å². The number of hydrogen-bond donors (Lipinski definition) is 0. The fourth-order valence-electron chi connectivity index (χ4n) is 2.91. The zero-order valence-electron chi connectivity index (χ0n) is 15.3. The number of hydrogen-bond acceptors (Lipinski definition) is 3. The van der Waals surface area contributed by atoms with E-state index in [1.165, 1.54) is 0 Å². The number of benzene rings is 1. The van der Waals surface area contributed by atoms with E-state index < -0.39 is 5.60 Å². The van der Waals surface area contributed by atoms with Crippen LogP contribution in [0.4, 0.5) is 4.79 Å². The predicted octanol–water partition coefficient (Wildman–Crippen LogP) is 4.68. The van der Waals surface area contributed by atoms with Crippen molar-refractivity contribution >= 4 is 6.09 Å². The van der Waals surface area contributed by atoms with Crippen molar-refractivity contribution in [2.75, 3.05) is 6.61 Å². The van der Waals surface area contributed by atoms with E-state index >= 15 is 0 Å². The van der Waals surface area contributed by atoms with Crippen LogP contribution in [0.3, 0.4) is 0 Å². The van der Waals surface area contributed by atoms with Crippen LogP contribution in [0.25, 0.3) is 0 Å². The lowest BCUT2D eigenvalue weighted by molar-refractivity contribution is -0.0585. The lowest BCUT2D eigenvalue weighted by Gasteiger charge is -2.37. The summed E-state index contributed by atoms with van der Waals surface area (Å²) in [6.45, 7) is 14.4. The van der Waals surface area contributed by atoms with Crippen molar-refractivity contribution in [2.24, 2.45) is 5.41 Å². The van der Waals surface area contributed by atoms with Gasteiger partial charge >= 0.3 is 6.09 Å². The second-order valence-electron chi connectivity index (χ2n) is 8.31. The van der Waals surface area contributed by atoms with Gasteiger partial charge in [0, 0.05) is 5.41 Å². The first-order valence-electron chi connectivity index (χ1n) is 8.19. The van der Waals surface area contributed by atoms with Gasteiger partial charge in [-0.1, -0.05) is 45.0 Å². The van der Waals surface area contributed by atoms with Gasteiger partial charge in [-0.15, -0.1) is 0 Å². The van der Waals surface area contributed by atoms with Crippen LogP contribution in [0.2, 0.25) is 0 Å². The molecule has 0 saturated carbocycles. The highest BCUT2D eigenvalue weighted by Crippen LogP contribution is 2.40. The SMILES string of the molecule is Cc1ccccc1[C@H]1CO[C@H](C(C)(C)C)N1C(=O)OC(C)(C)C. The fourth-order valence-corrected chi connectivity index (χ4v) is 2.91. The molecular formula is C19H29NO3. The summed E-state index contributed by atoms with van der Waals surface area (Å²) in [5.41, 5.74) is 1.56. The molecule has 0 aromatic heterocycles. The van der Waals surface area contributed by atoms with E-state index in [0.29, 0.717) is 6.61 Å². The lowest BCUT2D eigenvalue weighted by Crippen LogP contribution is -2.47. The highest BCUT2D eigenvalue weighted by molar-refractivity contribution is 5.70. The second-order valence-corrected chi connectivity index (χ2v) is 8.31. The van der Waals surface area contributed by atoms with Gasteiger partial charge in [0.15, 0.2) is 0 Å². The summed E-state index contributed by atoms with van der Waals surface area (Å²) in [7, 11) is 0. The quantitative estimate of drug-likeness (QED) is 0.754. The number of ether oxygens (including phenoxy) is 2. The first-order chi connectivity index (χ1) is 10.5. The number of nitrogens with zero attached hydrogens (tertiary/aromatic N) is 1. The lowest BCUT2D eigenvalue weighted by atomic mass is 9.92. The summed E-state index contributed by atoms with van der Waals surface area (Å²) in [5.74, 6) is 0. The number of aryl methyl sites for hydroxylation is 1. The first-order valence-corrected chi connectivity index (χ1v) is 8.19. The van der Waals surface area contributed by atoms with E-state index in [4.69, 9.17) is 9.47 Å². The molecule has 0 spiro atoms. The molecule has 2 rings (SSSR count). The molecule has 23 heavy (non-hydrogen) atoms. The minimum absolute atomic E-state index is 0.115. The maximum atomic E-state index is 12.8. The highest BCUT2D eigenvalue weighted by Gasteiger charge is 2.46. The van der Waals surface area contributed by atoms with Gasteiger partial charge in [0.05, 0.1) is 12.6 Å². The van der Waals surface area contributed by atoms with E-state index in [1.54, 1.807) is 4.90 Å². The van der Waals surface area contributed by atoms with Crippen LogP contribution in [0.5, 0.6) is 0 Å². The molecule has 1 saturated heterocycles. The average Bonchev–Trinajstić information content (AvgIpc) is 2.81. The van der Waals surface area contributed by atoms with Gasteiger partial charge in [-0.25, -0.2) is 4.79 Å². The van der Waals surface area contributed by atoms with E-state index in [1.807, 2.05) is 32.9 Å². The second kappa shape index (κ2) is 6.16. The Morgan fingerprint density at radius 2 is 1.78 bits per heavy atom. The third kappa shape index (κ3) is 4.05. The van der Waals surface area contributed by atoms with Gasteiger partial charge in [-0.3, -0.25) is 4.90 Å². The maximum absolute atomic E-state index is 12.8. The van der Waals surface area contributed by atoms with Gasteiger partial charge in [0.2, 0.25) is 0 Å². The van der Waals surface area contributed by atoms with Crippen LogP contribution in [-0.2, 0) is 9.47 Å². The van der Waals surface area contributed by atoms with Gasteiger partial charge < -0.3 is 9.47 Å². The molecule has 1 aliphatic rings. The smallest absolute Gasteiger partial charge is 0.412 e. The molecule has 0 bridgehead atoms. The van der Waals surface area contributed by atoms with Crippen molar-refractivity contribution in [1.29, 1.82) is 0 Å². The molecule has 1 aromatic carbocycles. The van der Waals surface area contributed by atoms with E-state index in [9.17, 15) is 4.79 Å². The summed E-state index contributed by atoms with van der Waals surface area (Å²) in [5, 5.41) is 0. The van der Waals surface area contributed by atoms with Gasteiger partial charge in [0.1, 0.15) is 11.8 Å². The normalized spacial score (nSPS) is 22.3. The van der Waals surface area contributed by atoms with Crippen LogP contribution in [-0.4, -0.2) is 29.4 Å². The largest absolute Gasteiger partial charge is 0.444 e. The molecule has 1 amide bonds. The van der Waals surface area contributed by atoms with Crippen molar-refractivity contribution in [1.82, 2.24) is 4.90 Å². The minimum atomic E-state index is -0.529. The maximum Gasteiger partial charge on any atom is 0.412 e. The summed E-state index contributed by atoms with van der Waals surface area (Å²) < 4.78 is 11.7. The molecule has 0 N–H and O–H groups in total. The molecule has 4 heteroatoms. The van der Waals surface area contributed by atoms with Gasteiger partial charge in [0.25, 0.3) is 0 Å². The Kier molecular flexibility index (Phi) is 4.76. The summed E-state index contributed by atoms with van der Waals surface area (Å²) in [6, 6.07) is 8.02. The van der Waals surface area contributed by atoms with Crippen molar-refractivity contribution in [3.05, 3.63) is 35.4 Å². The Labute approximate surface area is 139 Å². The van der Waals surface area contributed by atoms with Gasteiger partial charge in [-0.05, 0) is 38.8 Å². The van der Waals surface area contributed by atoms with E-state index in [2.05, 4.69) is 39.8 Å². The molecule has 0 unspecified atom stereocenters. The van der Waals surface area contributed by atoms with Gasteiger partial charge in [-0.2, -0.15) is 0 Å². The van der Waals surface area contributed by atoms with Crippen molar-refractivity contribution in [3.63, 3.8) is 0 Å². The molecule has 1 aromatic rings. The molecule has 1 heterocycles. The van der Waals surface area contributed by atoms with Crippen molar-refractivity contribution in [2.45, 2.75) is 66.3 Å². The van der Waals surface area contributed by atoms with Crippen LogP contribution in [0.1, 0.15) is 58.7 Å². The average molecular weight is 319 g/mol. The van der Waals surface area contributed by atoms with E-state index in [0.717, 1.165) is 11.1 Å². The number of amides is 1. The Morgan fingerprint density at radius 1 is 1.17 bits per heavy atom. The molecule has 1 aliphatic heterocycles. The molecule has 0 aliphatic carbocycles. The number of carbonyl (C=O) groups is 1. The standard InChI is InChI=1S/C19H29NO3/c1-13-10-8-9-11-14(13)15-12-22-16(18(2,3)4)20(15)17(21)23-19(5,6)7/h8-11,15-16H,12H2,1-7H3/t15-,16-/m1/s1. The zero-order chi connectivity index (χ0) is 17.4. The monoisotopic (exact) mass is 319 g/mol. The third-order valence-electron chi connectivity index (χ3n) is 3.89. The molecule has 1 fully saturated rings. The molecule has 4 nitrogen and oxygen atoms in total. The number of rotatable bonds is 1.